The number of fused-ring (bicyclic) bond motifs is 1. The predicted molar refractivity (Wildman–Crippen MR) is 75.0 cm³/mol. The van der Waals surface area contributed by atoms with Gasteiger partial charge in [-0.2, -0.15) is 0 Å². The highest BCUT2D eigenvalue weighted by Gasteiger charge is 2.13. The molecule has 0 unspecified atom stereocenters. The minimum absolute atomic E-state index is 0.308. The van der Waals surface area contributed by atoms with Crippen LogP contribution in [0.25, 0.3) is 10.9 Å². The van der Waals surface area contributed by atoms with Crippen molar-refractivity contribution in [3.8, 4) is 0 Å². The molecule has 90 valence electrons. The molecule has 17 heavy (non-hydrogen) atoms. The maximum Gasteiger partial charge on any atom is 0.127 e. The number of nitrogens with zero attached hydrogens (tertiary/aromatic N) is 1. The first-order valence-corrected chi connectivity index (χ1v) is 6.22. The van der Waals surface area contributed by atoms with Gasteiger partial charge in [0.15, 0.2) is 0 Å². The third-order valence-electron chi connectivity index (χ3n) is 2.86. The zero-order chi connectivity index (χ0) is 12.7. The number of rotatable bonds is 1. The Bertz CT molecular complexity index is 592. The van der Waals surface area contributed by atoms with E-state index in [4.69, 9.17) is 28.9 Å². The number of nitrogens with two attached hydrogens (primary N) is 1. The van der Waals surface area contributed by atoms with Crippen LogP contribution in [0.2, 0.25) is 10.0 Å². The first-order valence-electron chi connectivity index (χ1n) is 5.46. The third kappa shape index (κ3) is 2.07. The van der Waals surface area contributed by atoms with Crippen LogP contribution < -0.4 is 5.73 Å². The van der Waals surface area contributed by atoms with E-state index in [-0.39, 0.29) is 0 Å². The lowest BCUT2D eigenvalue weighted by Gasteiger charge is -2.12. The zero-order valence-corrected chi connectivity index (χ0v) is 11.5. The van der Waals surface area contributed by atoms with Crippen LogP contribution in [0, 0.1) is 6.92 Å². The van der Waals surface area contributed by atoms with Crippen LogP contribution in [-0.2, 0) is 0 Å². The van der Waals surface area contributed by atoms with E-state index in [9.17, 15) is 0 Å². The van der Waals surface area contributed by atoms with Crippen LogP contribution in [0.5, 0.6) is 0 Å². The average molecular weight is 269 g/mol. The van der Waals surface area contributed by atoms with E-state index in [1.165, 1.54) is 0 Å². The van der Waals surface area contributed by atoms with Gasteiger partial charge >= 0.3 is 0 Å². The van der Waals surface area contributed by atoms with Crippen molar-refractivity contribution in [3.63, 3.8) is 0 Å². The number of hydrogen-bond acceptors (Lipinski definition) is 2. The van der Waals surface area contributed by atoms with Gasteiger partial charge in [0.1, 0.15) is 5.82 Å². The summed E-state index contributed by atoms with van der Waals surface area (Å²) in [7, 11) is 0. The van der Waals surface area contributed by atoms with Crippen molar-refractivity contribution in [2.45, 2.75) is 26.7 Å². The van der Waals surface area contributed by atoms with E-state index < -0.39 is 0 Å². The van der Waals surface area contributed by atoms with Gasteiger partial charge in [-0.05, 0) is 36.1 Å². The summed E-state index contributed by atoms with van der Waals surface area (Å²) in [5.41, 5.74) is 8.55. The van der Waals surface area contributed by atoms with Crippen LogP contribution in [0.15, 0.2) is 12.1 Å². The van der Waals surface area contributed by atoms with Gasteiger partial charge in [-0.15, -0.1) is 0 Å². The minimum atomic E-state index is 0.308. The third-order valence-corrected chi connectivity index (χ3v) is 3.65. The molecule has 0 bridgehead atoms. The Morgan fingerprint density at radius 3 is 2.47 bits per heavy atom. The second kappa shape index (κ2) is 4.35. The fourth-order valence-corrected chi connectivity index (χ4v) is 2.40. The van der Waals surface area contributed by atoms with Crippen LogP contribution in [0.1, 0.15) is 30.9 Å². The van der Waals surface area contributed by atoms with E-state index in [2.05, 4.69) is 18.8 Å². The first kappa shape index (κ1) is 12.5. The van der Waals surface area contributed by atoms with Crippen molar-refractivity contribution in [2.75, 3.05) is 5.73 Å². The van der Waals surface area contributed by atoms with Crippen molar-refractivity contribution in [2.24, 2.45) is 0 Å². The highest BCUT2D eigenvalue weighted by molar-refractivity contribution is 6.40. The molecule has 0 spiro atoms. The van der Waals surface area contributed by atoms with Gasteiger partial charge in [0.05, 0.1) is 15.6 Å². The molecule has 0 radical (unpaired) electrons. The molecule has 2 rings (SSSR count). The Hall–Kier alpha value is -0.990. The Labute approximate surface area is 111 Å². The van der Waals surface area contributed by atoms with Gasteiger partial charge < -0.3 is 5.73 Å². The molecule has 0 aliphatic carbocycles. The molecule has 0 saturated heterocycles. The van der Waals surface area contributed by atoms with Gasteiger partial charge in [0.25, 0.3) is 0 Å². The van der Waals surface area contributed by atoms with Gasteiger partial charge in [-0.3, -0.25) is 0 Å². The normalized spacial score (nSPS) is 11.4. The summed E-state index contributed by atoms with van der Waals surface area (Å²) in [6.07, 6.45) is 0. The Morgan fingerprint density at radius 1 is 1.24 bits per heavy atom. The van der Waals surface area contributed by atoms with E-state index in [1.807, 2.05) is 19.1 Å². The Morgan fingerprint density at radius 2 is 1.88 bits per heavy atom. The van der Waals surface area contributed by atoms with Crippen LogP contribution in [-0.4, -0.2) is 4.98 Å². The number of aromatic nitrogens is 1. The molecule has 0 fully saturated rings. The molecule has 1 heterocycles. The van der Waals surface area contributed by atoms with Crippen molar-refractivity contribution in [1.29, 1.82) is 0 Å². The standard InChI is InChI=1S/C13H14Cl2N2/c1-6(2)8-5-9-11(15)7(3)4-10(14)12(9)17-13(8)16/h4-6H,1-3H3,(H2,16,17). The highest BCUT2D eigenvalue weighted by atomic mass is 35.5. The van der Waals surface area contributed by atoms with Gasteiger partial charge in [-0.1, -0.05) is 37.0 Å². The summed E-state index contributed by atoms with van der Waals surface area (Å²) < 4.78 is 0. The topological polar surface area (TPSA) is 38.9 Å². The summed E-state index contributed by atoms with van der Waals surface area (Å²) in [5, 5.41) is 2.15. The monoisotopic (exact) mass is 268 g/mol. The average Bonchev–Trinajstić information content (AvgIpc) is 2.25. The summed E-state index contributed by atoms with van der Waals surface area (Å²) in [4.78, 5) is 4.36. The zero-order valence-electron chi connectivity index (χ0n) is 10.0. The predicted octanol–water partition coefficient (Wildman–Crippen LogP) is 4.56. The second-order valence-electron chi connectivity index (χ2n) is 4.50. The lowest BCUT2D eigenvalue weighted by molar-refractivity contribution is 0.866. The molecule has 0 atom stereocenters. The van der Waals surface area contributed by atoms with E-state index >= 15 is 0 Å². The van der Waals surface area contributed by atoms with Crippen LogP contribution in [0.4, 0.5) is 5.82 Å². The molecular weight excluding hydrogens is 255 g/mol. The van der Waals surface area contributed by atoms with Crippen LogP contribution >= 0.6 is 23.2 Å². The van der Waals surface area contributed by atoms with Gasteiger partial charge in [0, 0.05) is 5.39 Å². The fourth-order valence-electron chi connectivity index (χ4n) is 1.89. The summed E-state index contributed by atoms with van der Waals surface area (Å²) >= 11 is 12.4. The summed E-state index contributed by atoms with van der Waals surface area (Å²) in [5.74, 6) is 0.830. The Balaban J connectivity index is 2.88. The van der Waals surface area contributed by atoms with Crippen molar-refractivity contribution in [1.82, 2.24) is 4.98 Å². The van der Waals surface area contributed by atoms with Crippen molar-refractivity contribution < 1.29 is 0 Å². The molecule has 0 aliphatic rings. The van der Waals surface area contributed by atoms with E-state index in [0.717, 1.165) is 16.5 Å². The van der Waals surface area contributed by atoms with Crippen molar-refractivity contribution in [3.05, 3.63) is 33.3 Å². The molecule has 2 N–H and O–H groups in total. The number of pyridine rings is 1. The minimum Gasteiger partial charge on any atom is -0.383 e. The molecule has 1 aromatic carbocycles. The first-order chi connectivity index (χ1) is 7.91. The van der Waals surface area contributed by atoms with Gasteiger partial charge in [0.2, 0.25) is 0 Å². The van der Waals surface area contributed by atoms with E-state index in [1.54, 1.807) is 0 Å². The fraction of sp³-hybridized carbons (Fsp3) is 0.308. The maximum absolute atomic E-state index is 6.29. The maximum atomic E-state index is 6.29. The smallest absolute Gasteiger partial charge is 0.127 e. The highest BCUT2D eigenvalue weighted by Crippen LogP contribution is 2.35. The molecule has 4 heteroatoms. The molecule has 0 saturated carbocycles. The quantitative estimate of drug-likeness (QED) is 0.824. The number of nitrogen functional groups attached to an aromatic ring is 1. The number of anilines is 1. The molecule has 2 aromatic rings. The second-order valence-corrected chi connectivity index (χ2v) is 5.29. The molecule has 0 aliphatic heterocycles. The number of hydrogen-bond donors (Lipinski definition) is 1. The Kier molecular flexibility index (Phi) is 3.19. The lowest BCUT2D eigenvalue weighted by Crippen LogP contribution is -2.00. The lowest BCUT2D eigenvalue weighted by atomic mass is 10.0. The molecular formula is C13H14Cl2N2. The SMILES string of the molecule is Cc1cc(Cl)c2nc(N)c(C(C)C)cc2c1Cl. The summed E-state index contributed by atoms with van der Waals surface area (Å²) in [6, 6.07) is 3.80. The van der Waals surface area contributed by atoms with Gasteiger partial charge in [-0.25, -0.2) is 4.98 Å². The number of benzene rings is 1. The van der Waals surface area contributed by atoms with E-state index in [0.29, 0.717) is 27.3 Å². The molecule has 2 nitrogen and oxygen atoms in total. The largest absolute Gasteiger partial charge is 0.383 e. The van der Waals surface area contributed by atoms with Crippen molar-refractivity contribution >= 4 is 39.9 Å². The molecule has 1 aromatic heterocycles. The van der Waals surface area contributed by atoms with Crippen LogP contribution in [0.3, 0.4) is 0 Å². The molecule has 0 amide bonds. The number of aryl methyl sites for hydroxylation is 1. The summed E-state index contributed by atoms with van der Waals surface area (Å²) in [6.45, 7) is 6.08. The number of halogens is 2.